The number of alkyl halides is 3. The van der Waals surface area contributed by atoms with Gasteiger partial charge in [-0.05, 0) is 72.4 Å². The molecule has 1 amide bonds. The largest absolute Gasteiger partial charge is 0.490 e. The highest BCUT2D eigenvalue weighted by Crippen LogP contribution is 2.29. The van der Waals surface area contributed by atoms with Crippen molar-refractivity contribution in [3.8, 4) is 11.8 Å². The van der Waals surface area contributed by atoms with Crippen molar-refractivity contribution in [2.75, 3.05) is 13.1 Å². The van der Waals surface area contributed by atoms with Gasteiger partial charge in [-0.1, -0.05) is 42.2 Å². The predicted octanol–water partition coefficient (Wildman–Crippen LogP) is 5.34. The molecular weight excluding hydrogens is 500 g/mol. The van der Waals surface area contributed by atoms with E-state index in [4.69, 9.17) is 15.6 Å². The van der Waals surface area contributed by atoms with Gasteiger partial charge in [0.2, 0.25) is 0 Å². The zero-order valence-electron chi connectivity index (χ0n) is 20.3. The predicted molar refractivity (Wildman–Crippen MR) is 135 cm³/mol. The van der Waals surface area contributed by atoms with E-state index in [9.17, 15) is 22.4 Å². The Balaban J connectivity index is 0.000000505. The number of rotatable bonds is 3. The summed E-state index contributed by atoms with van der Waals surface area (Å²) in [5.41, 5.74) is 10.4. The lowest BCUT2D eigenvalue weighted by atomic mass is 9.88. The molecule has 0 spiro atoms. The number of nitrogens with two attached hydrogens (primary N) is 1. The number of likely N-dealkylation sites (tertiary alicyclic amines) is 1. The molecule has 1 aliphatic rings. The first-order chi connectivity index (χ1) is 18.1. The standard InChI is InChI=1S/C27H25FN2O.C2HF3O2/c28-26-11-9-20(10-12-26)7-8-21-3-1-6-25(17-21)27(31)30-15-13-23(14-16-30)24-5-2-4-22(18-24)19-29;3-2(4,5)1(6)7/h1-6,9-12,17-18,23H,13-16,19,29H2;(H,6,7). The highest BCUT2D eigenvalue weighted by molar-refractivity contribution is 5.94. The molecule has 3 aromatic carbocycles. The van der Waals surface area contributed by atoms with Crippen LogP contribution in [0.4, 0.5) is 17.6 Å². The number of carbonyl (C=O) groups is 2. The summed E-state index contributed by atoms with van der Waals surface area (Å²) >= 11 is 0. The van der Waals surface area contributed by atoms with E-state index in [1.165, 1.54) is 17.7 Å². The Morgan fingerprint density at radius 1 is 0.921 bits per heavy atom. The second-order valence-electron chi connectivity index (χ2n) is 8.66. The molecule has 38 heavy (non-hydrogen) atoms. The van der Waals surface area contributed by atoms with Crippen molar-refractivity contribution >= 4 is 11.9 Å². The maximum absolute atomic E-state index is 13.0. The molecule has 3 N–H and O–H groups in total. The van der Waals surface area contributed by atoms with Crippen LogP contribution in [0.15, 0.2) is 72.8 Å². The van der Waals surface area contributed by atoms with E-state index in [0.717, 1.165) is 42.6 Å². The Morgan fingerprint density at radius 3 is 2.13 bits per heavy atom. The van der Waals surface area contributed by atoms with Gasteiger partial charge < -0.3 is 15.7 Å². The number of benzene rings is 3. The Hall–Kier alpha value is -4.16. The lowest BCUT2D eigenvalue weighted by molar-refractivity contribution is -0.192. The van der Waals surface area contributed by atoms with Crippen LogP contribution in [-0.4, -0.2) is 41.1 Å². The van der Waals surface area contributed by atoms with Gasteiger partial charge >= 0.3 is 12.1 Å². The molecule has 3 aromatic rings. The lowest BCUT2D eigenvalue weighted by Gasteiger charge is -2.32. The molecule has 0 unspecified atom stereocenters. The number of amides is 1. The van der Waals surface area contributed by atoms with Gasteiger partial charge in [-0.15, -0.1) is 0 Å². The van der Waals surface area contributed by atoms with Crippen molar-refractivity contribution in [3.05, 3.63) is 106 Å². The molecule has 0 aliphatic carbocycles. The second kappa shape index (κ2) is 12.9. The molecule has 198 valence electrons. The number of hydrogen-bond donors (Lipinski definition) is 2. The zero-order valence-corrected chi connectivity index (χ0v) is 20.3. The topological polar surface area (TPSA) is 83.6 Å². The second-order valence-corrected chi connectivity index (χ2v) is 8.66. The van der Waals surface area contributed by atoms with E-state index in [-0.39, 0.29) is 11.7 Å². The van der Waals surface area contributed by atoms with Crippen LogP contribution in [-0.2, 0) is 11.3 Å². The number of halogens is 4. The van der Waals surface area contributed by atoms with Crippen LogP contribution in [0, 0.1) is 17.7 Å². The van der Waals surface area contributed by atoms with Crippen LogP contribution in [0.1, 0.15) is 51.4 Å². The zero-order chi connectivity index (χ0) is 27.7. The maximum Gasteiger partial charge on any atom is 0.490 e. The Labute approximate surface area is 217 Å². The monoisotopic (exact) mass is 526 g/mol. The molecule has 1 saturated heterocycles. The van der Waals surface area contributed by atoms with Crippen LogP contribution in [0.25, 0.3) is 0 Å². The van der Waals surface area contributed by atoms with Gasteiger partial charge in [0.05, 0.1) is 0 Å². The normalized spacial score (nSPS) is 13.6. The molecule has 0 aromatic heterocycles. The van der Waals surface area contributed by atoms with E-state index in [1.54, 1.807) is 12.1 Å². The van der Waals surface area contributed by atoms with Gasteiger partial charge in [-0.25, -0.2) is 9.18 Å². The van der Waals surface area contributed by atoms with Crippen LogP contribution in [0.2, 0.25) is 0 Å². The SMILES string of the molecule is NCc1cccc(C2CCN(C(=O)c3cccc(C#Cc4ccc(F)cc4)c3)CC2)c1.O=C(O)C(F)(F)F. The Morgan fingerprint density at radius 2 is 1.53 bits per heavy atom. The van der Waals surface area contributed by atoms with Crippen LogP contribution in [0.5, 0.6) is 0 Å². The minimum absolute atomic E-state index is 0.0413. The summed E-state index contributed by atoms with van der Waals surface area (Å²) in [5.74, 6) is 3.54. The fourth-order valence-corrected chi connectivity index (χ4v) is 3.98. The first-order valence-electron chi connectivity index (χ1n) is 11.8. The van der Waals surface area contributed by atoms with Gasteiger partial charge in [0, 0.05) is 36.3 Å². The fourth-order valence-electron chi connectivity index (χ4n) is 3.98. The smallest absolute Gasteiger partial charge is 0.475 e. The quantitative estimate of drug-likeness (QED) is 0.357. The first-order valence-corrected chi connectivity index (χ1v) is 11.8. The third kappa shape index (κ3) is 8.18. The minimum Gasteiger partial charge on any atom is -0.475 e. The molecule has 5 nitrogen and oxygen atoms in total. The number of carboxylic acid groups (broad SMARTS) is 1. The molecule has 1 fully saturated rings. The Bertz CT molecular complexity index is 1320. The summed E-state index contributed by atoms with van der Waals surface area (Å²) in [6.45, 7) is 2.02. The molecule has 0 atom stereocenters. The van der Waals surface area contributed by atoms with Crippen molar-refractivity contribution < 1.29 is 32.3 Å². The molecule has 0 radical (unpaired) electrons. The molecule has 1 heterocycles. The number of piperidine rings is 1. The number of nitrogens with zero attached hydrogens (tertiary/aromatic N) is 1. The van der Waals surface area contributed by atoms with Crippen LogP contribution >= 0.6 is 0 Å². The van der Waals surface area contributed by atoms with Crippen molar-refractivity contribution in [1.82, 2.24) is 4.90 Å². The van der Waals surface area contributed by atoms with Gasteiger partial charge in [-0.2, -0.15) is 13.2 Å². The van der Waals surface area contributed by atoms with E-state index in [2.05, 4.69) is 30.0 Å². The van der Waals surface area contributed by atoms with Crippen molar-refractivity contribution in [1.29, 1.82) is 0 Å². The highest BCUT2D eigenvalue weighted by atomic mass is 19.4. The molecule has 0 bridgehead atoms. The number of aliphatic carboxylic acids is 1. The van der Waals surface area contributed by atoms with E-state index in [0.29, 0.717) is 18.0 Å². The maximum atomic E-state index is 13.0. The van der Waals surface area contributed by atoms with Gasteiger partial charge in [0.1, 0.15) is 5.82 Å². The van der Waals surface area contributed by atoms with Crippen molar-refractivity contribution in [2.45, 2.75) is 31.5 Å². The third-order valence-corrected chi connectivity index (χ3v) is 5.99. The number of carbonyl (C=O) groups excluding carboxylic acids is 1. The van der Waals surface area contributed by atoms with E-state index in [1.807, 2.05) is 35.2 Å². The average Bonchev–Trinajstić information content (AvgIpc) is 2.92. The van der Waals surface area contributed by atoms with Gasteiger partial charge in [-0.3, -0.25) is 4.79 Å². The minimum atomic E-state index is -5.08. The fraction of sp³-hybridized carbons (Fsp3) is 0.241. The van der Waals surface area contributed by atoms with Crippen LogP contribution < -0.4 is 5.73 Å². The summed E-state index contributed by atoms with van der Waals surface area (Å²) < 4.78 is 44.8. The summed E-state index contributed by atoms with van der Waals surface area (Å²) in [5, 5.41) is 7.12. The van der Waals surface area contributed by atoms with Gasteiger partial charge in [0.15, 0.2) is 0 Å². The summed E-state index contributed by atoms with van der Waals surface area (Å²) in [4.78, 5) is 23.8. The highest BCUT2D eigenvalue weighted by Gasteiger charge is 2.38. The van der Waals surface area contributed by atoms with Crippen molar-refractivity contribution in [2.24, 2.45) is 5.73 Å². The first kappa shape index (κ1) is 28.4. The van der Waals surface area contributed by atoms with E-state index >= 15 is 0 Å². The van der Waals surface area contributed by atoms with Gasteiger partial charge in [0.25, 0.3) is 5.91 Å². The summed E-state index contributed by atoms with van der Waals surface area (Å²) in [7, 11) is 0. The molecule has 9 heteroatoms. The lowest BCUT2D eigenvalue weighted by Crippen LogP contribution is -2.37. The summed E-state index contributed by atoms with van der Waals surface area (Å²) in [6.07, 6.45) is -3.19. The summed E-state index contributed by atoms with van der Waals surface area (Å²) in [6, 6.07) is 21.9. The molecule has 4 rings (SSSR count). The average molecular weight is 527 g/mol. The molecule has 1 aliphatic heterocycles. The van der Waals surface area contributed by atoms with E-state index < -0.39 is 12.1 Å². The third-order valence-electron chi connectivity index (χ3n) is 5.99. The Kier molecular flexibility index (Phi) is 9.63. The number of hydrogen-bond acceptors (Lipinski definition) is 3. The number of carboxylic acids is 1. The van der Waals surface area contributed by atoms with Crippen molar-refractivity contribution in [3.63, 3.8) is 0 Å². The molecular formula is C29H26F4N2O3. The van der Waals surface area contributed by atoms with Crippen LogP contribution in [0.3, 0.4) is 0 Å². The molecule has 0 saturated carbocycles.